The minimum Gasteiger partial charge on any atom is -0.392 e. The van der Waals surface area contributed by atoms with Gasteiger partial charge in [0, 0.05) is 6.54 Å². The Kier molecular flexibility index (Phi) is 2.25. The maximum Gasteiger partial charge on any atom is 0.167 e. The van der Waals surface area contributed by atoms with Gasteiger partial charge in [0.05, 0.1) is 12.1 Å². The Morgan fingerprint density at radius 1 is 1.50 bits per heavy atom. The van der Waals surface area contributed by atoms with Crippen molar-refractivity contribution in [3.8, 4) is 0 Å². The summed E-state index contributed by atoms with van der Waals surface area (Å²) in [6.45, 7) is 0.530. The standard InChI is InChI=1S/C6H13NO3/c1-7-3-4(8)2-5(7)6(9)10/h4-6,8-10H,2-3H2,1H3. The molecule has 0 aromatic carbocycles. The molecular weight excluding hydrogens is 134 g/mol. The Hall–Kier alpha value is -0.160. The summed E-state index contributed by atoms with van der Waals surface area (Å²) in [5.74, 6) is 0. The molecule has 4 nitrogen and oxygen atoms in total. The lowest BCUT2D eigenvalue weighted by atomic mass is 10.2. The van der Waals surface area contributed by atoms with Gasteiger partial charge in [-0.2, -0.15) is 0 Å². The number of aliphatic hydroxyl groups excluding tert-OH is 2. The number of β-amino-alcohol motifs (C(OH)–C–C–N with tert-alkyl or cyclic N) is 1. The number of likely N-dealkylation sites (tertiary alicyclic amines) is 1. The molecule has 0 saturated carbocycles. The fourth-order valence-electron chi connectivity index (χ4n) is 1.35. The highest BCUT2D eigenvalue weighted by Gasteiger charge is 2.32. The van der Waals surface area contributed by atoms with Gasteiger partial charge >= 0.3 is 0 Å². The lowest BCUT2D eigenvalue weighted by molar-refractivity contribution is -0.0863. The number of rotatable bonds is 1. The highest BCUT2D eigenvalue weighted by atomic mass is 16.5. The highest BCUT2D eigenvalue weighted by molar-refractivity contribution is 4.83. The number of hydrogen-bond acceptors (Lipinski definition) is 4. The van der Waals surface area contributed by atoms with Crippen LogP contribution < -0.4 is 0 Å². The van der Waals surface area contributed by atoms with Gasteiger partial charge in [-0.25, -0.2) is 0 Å². The Balaban J connectivity index is 2.46. The molecule has 3 N–H and O–H groups in total. The highest BCUT2D eigenvalue weighted by Crippen LogP contribution is 2.17. The predicted molar refractivity (Wildman–Crippen MR) is 35.3 cm³/mol. The third kappa shape index (κ3) is 1.46. The fraction of sp³-hybridized carbons (Fsp3) is 1.00. The van der Waals surface area contributed by atoms with Gasteiger partial charge in [0.25, 0.3) is 0 Å². The lowest BCUT2D eigenvalue weighted by Gasteiger charge is -2.19. The van der Waals surface area contributed by atoms with Gasteiger partial charge in [-0.05, 0) is 13.5 Å². The Bertz CT molecular complexity index is 118. The number of hydrogen-bond donors (Lipinski definition) is 3. The van der Waals surface area contributed by atoms with E-state index in [9.17, 15) is 0 Å². The second-order valence-electron chi connectivity index (χ2n) is 2.81. The van der Waals surface area contributed by atoms with Crippen molar-refractivity contribution in [2.24, 2.45) is 0 Å². The summed E-state index contributed by atoms with van der Waals surface area (Å²) in [6.07, 6.45) is -1.28. The first kappa shape index (κ1) is 7.94. The van der Waals surface area contributed by atoms with Gasteiger partial charge in [0.1, 0.15) is 0 Å². The predicted octanol–water partition coefficient (Wildman–Crippen LogP) is -1.64. The zero-order chi connectivity index (χ0) is 7.72. The molecule has 4 heteroatoms. The van der Waals surface area contributed by atoms with Gasteiger partial charge in [-0.3, -0.25) is 4.90 Å². The van der Waals surface area contributed by atoms with E-state index in [4.69, 9.17) is 15.3 Å². The first-order valence-corrected chi connectivity index (χ1v) is 3.35. The second-order valence-corrected chi connectivity index (χ2v) is 2.81. The molecule has 0 radical (unpaired) electrons. The van der Waals surface area contributed by atoms with E-state index in [1.807, 2.05) is 0 Å². The molecule has 1 rings (SSSR count). The van der Waals surface area contributed by atoms with Crippen molar-refractivity contribution >= 4 is 0 Å². The minimum atomic E-state index is -1.33. The molecule has 0 spiro atoms. The van der Waals surface area contributed by atoms with E-state index in [2.05, 4.69) is 0 Å². The van der Waals surface area contributed by atoms with Gasteiger partial charge in [-0.15, -0.1) is 0 Å². The SMILES string of the molecule is CN1CC(O)CC1C(O)O. The quantitative estimate of drug-likeness (QED) is 0.389. The third-order valence-corrected chi connectivity index (χ3v) is 1.92. The molecule has 1 heterocycles. The minimum absolute atomic E-state index is 0.296. The van der Waals surface area contributed by atoms with Crippen LogP contribution >= 0.6 is 0 Å². The lowest BCUT2D eigenvalue weighted by Crippen LogP contribution is -2.35. The summed E-state index contributed by atoms with van der Waals surface area (Å²) in [5.41, 5.74) is 0. The summed E-state index contributed by atoms with van der Waals surface area (Å²) >= 11 is 0. The number of aliphatic hydroxyl groups is 3. The van der Waals surface area contributed by atoms with E-state index in [0.717, 1.165) is 0 Å². The van der Waals surface area contributed by atoms with Crippen molar-refractivity contribution in [2.75, 3.05) is 13.6 Å². The van der Waals surface area contributed by atoms with E-state index >= 15 is 0 Å². The zero-order valence-electron chi connectivity index (χ0n) is 5.94. The molecule has 0 aromatic heterocycles. The van der Waals surface area contributed by atoms with E-state index in [1.54, 1.807) is 11.9 Å². The van der Waals surface area contributed by atoms with Crippen molar-refractivity contribution < 1.29 is 15.3 Å². The van der Waals surface area contributed by atoms with Crippen LogP contribution in [0.15, 0.2) is 0 Å². The van der Waals surface area contributed by atoms with Crippen LogP contribution in [0.4, 0.5) is 0 Å². The smallest absolute Gasteiger partial charge is 0.167 e. The largest absolute Gasteiger partial charge is 0.392 e. The number of nitrogens with zero attached hydrogens (tertiary/aromatic N) is 1. The van der Waals surface area contributed by atoms with Crippen LogP contribution in [-0.2, 0) is 0 Å². The summed E-state index contributed by atoms with van der Waals surface area (Å²) in [4.78, 5) is 1.75. The van der Waals surface area contributed by atoms with Crippen molar-refractivity contribution in [2.45, 2.75) is 24.9 Å². The maximum absolute atomic E-state index is 9.06. The molecule has 1 saturated heterocycles. The summed E-state index contributed by atoms with van der Waals surface area (Å²) in [7, 11) is 1.76. The third-order valence-electron chi connectivity index (χ3n) is 1.92. The van der Waals surface area contributed by atoms with E-state index < -0.39 is 12.4 Å². The summed E-state index contributed by atoms with van der Waals surface area (Å²) in [6, 6.07) is -0.296. The average Bonchev–Trinajstić information content (AvgIpc) is 2.10. The first-order chi connectivity index (χ1) is 4.61. The van der Waals surface area contributed by atoms with Crippen LogP contribution in [0.3, 0.4) is 0 Å². The Morgan fingerprint density at radius 2 is 2.10 bits per heavy atom. The van der Waals surface area contributed by atoms with Gasteiger partial charge < -0.3 is 15.3 Å². The summed E-state index contributed by atoms with van der Waals surface area (Å²) < 4.78 is 0. The molecule has 1 aliphatic heterocycles. The van der Waals surface area contributed by atoms with Gasteiger partial charge in [0.2, 0.25) is 0 Å². The molecule has 0 aromatic rings. The molecule has 1 aliphatic rings. The normalized spacial score (nSPS) is 35.7. The Morgan fingerprint density at radius 3 is 2.30 bits per heavy atom. The molecule has 0 bridgehead atoms. The van der Waals surface area contributed by atoms with Crippen LogP contribution in [0.1, 0.15) is 6.42 Å². The fourth-order valence-corrected chi connectivity index (χ4v) is 1.35. The van der Waals surface area contributed by atoms with Crippen molar-refractivity contribution in [1.29, 1.82) is 0 Å². The monoisotopic (exact) mass is 147 g/mol. The van der Waals surface area contributed by atoms with E-state index in [0.29, 0.717) is 13.0 Å². The van der Waals surface area contributed by atoms with Crippen LogP contribution in [0.5, 0.6) is 0 Å². The second kappa shape index (κ2) is 2.84. The van der Waals surface area contributed by atoms with Crippen LogP contribution in [0.25, 0.3) is 0 Å². The molecule has 1 fully saturated rings. The summed E-state index contributed by atoms with van der Waals surface area (Å²) in [5, 5.41) is 26.5. The maximum atomic E-state index is 9.06. The van der Waals surface area contributed by atoms with Crippen molar-refractivity contribution in [1.82, 2.24) is 4.90 Å². The molecule has 60 valence electrons. The van der Waals surface area contributed by atoms with Crippen LogP contribution in [0.2, 0.25) is 0 Å². The Labute approximate surface area is 59.7 Å². The molecule has 0 aliphatic carbocycles. The van der Waals surface area contributed by atoms with Crippen molar-refractivity contribution in [3.63, 3.8) is 0 Å². The molecule has 2 atom stereocenters. The topological polar surface area (TPSA) is 63.9 Å². The molecule has 2 unspecified atom stereocenters. The number of likely N-dealkylation sites (N-methyl/N-ethyl adjacent to an activating group) is 1. The zero-order valence-corrected chi connectivity index (χ0v) is 5.94. The van der Waals surface area contributed by atoms with Crippen LogP contribution in [0, 0.1) is 0 Å². The van der Waals surface area contributed by atoms with Crippen molar-refractivity contribution in [3.05, 3.63) is 0 Å². The van der Waals surface area contributed by atoms with Crippen LogP contribution in [-0.4, -0.2) is 52.2 Å². The van der Waals surface area contributed by atoms with Gasteiger partial charge in [0.15, 0.2) is 6.29 Å². The molecule has 10 heavy (non-hydrogen) atoms. The van der Waals surface area contributed by atoms with Gasteiger partial charge in [-0.1, -0.05) is 0 Å². The molecular formula is C6H13NO3. The first-order valence-electron chi connectivity index (χ1n) is 3.35. The molecule has 0 amide bonds. The van der Waals surface area contributed by atoms with E-state index in [1.165, 1.54) is 0 Å². The average molecular weight is 147 g/mol. The van der Waals surface area contributed by atoms with E-state index in [-0.39, 0.29) is 6.04 Å².